The van der Waals surface area contributed by atoms with Crippen molar-refractivity contribution < 1.29 is 9.53 Å². The maximum atomic E-state index is 12.2. The number of nitrogens with zero attached hydrogens (tertiary/aromatic N) is 4. The molecule has 1 N–H and O–H groups in total. The summed E-state index contributed by atoms with van der Waals surface area (Å²) in [5.74, 6) is 0.443. The van der Waals surface area contributed by atoms with Gasteiger partial charge < -0.3 is 14.5 Å². The van der Waals surface area contributed by atoms with Crippen LogP contribution in [0, 0.1) is 0 Å². The molecule has 0 radical (unpaired) electrons. The lowest BCUT2D eigenvalue weighted by atomic mass is 10.3. The smallest absolute Gasteiger partial charge is 0.409 e. The molecule has 2 aromatic heterocycles. The predicted octanol–water partition coefficient (Wildman–Crippen LogP) is 1.10. The first-order valence-electron chi connectivity index (χ1n) is 7.82. The largest absolute Gasteiger partial charge is 0.450 e. The Kier molecular flexibility index (Phi) is 5.09. The highest BCUT2D eigenvalue weighted by Crippen LogP contribution is 2.13. The fourth-order valence-electron chi connectivity index (χ4n) is 2.50. The van der Waals surface area contributed by atoms with Gasteiger partial charge in [0.1, 0.15) is 5.69 Å². The number of rotatable bonds is 4. The molecule has 1 aliphatic heterocycles. The second-order valence-electron chi connectivity index (χ2n) is 5.35. The number of aromatic nitrogens is 3. The predicted molar refractivity (Wildman–Crippen MR) is 90.6 cm³/mol. The van der Waals surface area contributed by atoms with Crippen molar-refractivity contribution in [3.05, 3.63) is 38.4 Å². The quantitative estimate of drug-likeness (QED) is 0.889. The number of anilines is 1. The Morgan fingerprint density at radius 1 is 1.33 bits per heavy atom. The van der Waals surface area contributed by atoms with Gasteiger partial charge in [-0.15, -0.1) is 21.5 Å². The van der Waals surface area contributed by atoms with Gasteiger partial charge in [0.15, 0.2) is 0 Å². The van der Waals surface area contributed by atoms with Gasteiger partial charge in [0.2, 0.25) is 5.95 Å². The normalized spacial score (nSPS) is 14.7. The fourth-order valence-corrected chi connectivity index (χ4v) is 3.21. The van der Waals surface area contributed by atoms with E-state index in [0.717, 1.165) is 4.88 Å². The summed E-state index contributed by atoms with van der Waals surface area (Å²) >= 11 is 1.59. The van der Waals surface area contributed by atoms with Crippen LogP contribution in [0.5, 0.6) is 0 Å². The Balaban J connectivity index is 1.63. The van der Waals surface area contributed by atoms with Crippen molar-refractivity contribution in [2.24, 2.45) is 0 Å². The van der Waals surface area contributed by atoms with Crippen molar-refractivity contribution in [1.29, 1.82) is 0 Å². The van der Waals surface area contributed by atoms with Crippen LogP contribution in [0.15, 0.2) is 22.3 Å². The van der Waals surface area contributed by atoms with E-state index in [1.54, 1.807) is 23.2 Å². The van der Waals surface area contributed by atoms with Gasteiger partial charge in [-0.3, -0.25) is 9.78 Å². The molecule has 3 heterocycles. The average molecular weight is 349 g/mol. The molecule has 0 spiro atoms. The van der Waals surface area contributed by atoms with Gasteiger partial charge in [0.25, 0.3) is 5.56 Å². The van der Waals surface area contributed by atoms with Crippen LogP contribution < -0.4 is 10.5 Å². The highest BCUT2D eigenvalue weighted by atomic mass is 32.1. The van der Waals surface area contributed by atoms with E-state index in [0.29, 0.717) is 50.8 Å². The summed E-state index contributed by atoms with van der Waals surface area (Å²) < 4.78 is 4.99. The molecule has 0 atom stereocenters. The van der Waals surface area contributed by atoms with E-state index in [4.69, 9.17) is 4.74 Å². The molecule has 0 aliphatic carbocycles. The summed E-state index contributed by atoms with van der Waals surface area (Å²) in [6.45, 7) is 4.36. The van der Waals surface area contributed by atoms with Gasteiger partial charge in [-0.1, -0.05) is 6.07 Å². The third-order valence-corrected chi connectivity index (χ3v) is 4.66. The molecule has 128 valence electrons. The van der Waals surface area contributed by atoms with Crippen LogP contribution in [0.25, 0.3) is 0 Å². The van der Waals surface area contributed by atoms with Gasteiger partial charge in [-0.05, 0) is 18.4 Å². The van der Waals surface area contributed by atoms with E-state index in [-0.39, 0.29) is 11.7 Å². The van der Waals surface area contributed by atoms with Crippen LogP contribution in [0.1, 0.15) is 17.5 Å². The van der Waals surface area contributed by atoms with Crippen molar-refractivity contribution in [3.8, 4) is 0 Å². The monoisotopic (exact) mass is 349 g/mol. The number of piperazine rings is 1. The molecule has 1 fully saturated rings. The lowest BCUT2D eigenvalue weighted by Gasteiger charge is -2.33. The molecule has 2 aromatic rings. The zero-order chi connectivity index (χ0) is 16.9. The topological polar surface area (TPSA) is 91.4 Å². The van der Waals surface area contributed by atoms with Crippen LogP contribution in [0.2, 0.25) is 0 Å². The Labute approximate surface area is 143 Å². The van der Waals surface area contributed by atoms with Crippen molar-refractivity contribution in [2.75, 3.05) is 37.7 Å². The summed E-state index contributed by atoms with van der Waals surface area (Å²) in [6, 6.07) is 3.91. The standard InChI is InChI=1S/C15H19N5O3S/c1-2-23-15(22)20-7-5-19(6-8-20)14-16-13(21)12(17-18-14)10-11-4-3-9-24-11/h3-4,9H,2,5-8,10H2,1H3,(H,16,18,21). The Hall–Kier alpha value is -2.42. The van der Waals surface area contributed by atoms with E-state index < -0.39 is 0 Å². The Morgan fingerprint density at radius 3 is 2.75 bits per heavy atom. The zero-order valence-electron chi connectivity index (χ0n) is 13.4. The summed E-state index contributed by atoms with van der Waals surface area (Å²) in [5, 5.41) is 10.2. The number of ether oxygens (including phenoxy) is 1. The molecular weight excluding hydrogens is 330 g/mol. The minimum atomic E-state index is -0.303. The van der Waals surface area contributed by atoms with Crippen LogP contribution in [-0.2, 0) is 11.2 Å². The van der Waals surface area contributed by atoms with E-state index in [9.17, 15) is 9.59 Å². The lowest BCUT2D eigenvalue weighted by Crippen LogP contribution is -2.49. The number of thiophene rings is 1. The summed E-state index contributed by atoms with van der Waals surface area (Å²) in [7, 11) is 0. The SMILES string of the molecule is CCOC(=O)N1CCN(c2nnc(Cc3cccs3)c(=O)[nH]2)CC1. The number of nitrogens with one attached hydrogen (secondary N) is 1. The highest BCUT2D eigenvalue weighted by molar-refractivity contribution is 7.09. The fraction of sp³-hybridized carbons (Fsp3) is 0.467. The number of amides is 1. The minimum absolute atomic E-state index is 0.221. The van der Waals surface area contributed by atoms with Crippen LogP contribution in [-0.4, -0.2) is 59.0 Å². The number of H-pyrrole nitrogens is 1. The van der Waals surface area contributed by atoms with Crippen LogP contribution in [0.4, 0.5) is 10.7 Å². The first-order valence-corrected chi connectivity index (χ1v) is 8.70. The van der Waals surface area contributed by atoms with Crippen molar-refractivity contribution >= 4 is 23.4 Å². The Morgan fingerprint density at radius 2 is 2.12 bits per heavy atom. The van der Waals surface area contributed by atoms with Crippen molar-refractivity contribution in [1.82, 2.24) is 20.1 Å². The molecule has 0 saturated carbocycles. The summed E-state index contributed by atoms with van der Waals surface area (Å²) in [6.07, 6.45) is 0.180. The van der Waals surface area contributed by atoms with E-state index >= 15 is 0 Å². The minimum Gasteiger partial charge on any atom is -0.450 e. The average Bonchev–Trinajstić information content (AvgIpc) is 3.10. The first kappa shape index (κ1) is 16.4. The molecule has 0 aromatic carbocycles. The molecule has 3 rings (SSSR count). The van der Waals surface area contributed by atoms with Crippen molar-refractivity contribution in [3.63, 3.8) is 0 Å². The third kappa shape index (κ3) is 3.73. The molecule has 24 heavy (non-hydrogen) atoms. The van der Waals surface area contributed by atoms with Crippen molar-refractivity contribution in [2.45, 2.75) is 13.3 Å². The molecule has 1 amide bonds. The summed E-state index contributed by atoms with van der Waals surface area (Å²) in [4.78, 5) is 31.3. The molecule has 9 heteroatoms. The van der Waals surface area contributed by atoms with E-state index in [2.05, 4.69) is 15.2 Å². The van der Waals surface area contributed by atoms with Gasteiger partial charge in [-0.25, -0.2) is 4.79 Å². The van der Waals surface area contributed by atoms with Gasteiger partial charge in [0.05, 0.1) is 6.61 Å². The van der Waals surface area contributed by atoms with Crippen LogP contribution in [0.3, 0.4) is 0 Å². The molecule has 8 nitrogen and oxygen atoms in total. The van der Waals surface area contributed by atoms with E-state index in [1.807, 2.05) is 22.4 Å². The highest BCUT2D eigenvalue weighted by Gasteiger charge is 2.23. The van der Waals surface area contributed by atoms with Gasteiger partial charge in [0, 0.05) is 37.5 Å². The Bertz CT molecular complexity index is 738. The molecular formula is C15H19N5O3S. The summed E-state index contributed by atoms with van der Waals surface area (Å²) in [5.41, 5.74) is 0.188. The maximum absolute atomic E-state index is 12.2. The number of carbonyl (C=O) groups is 1. The lowest BCUT2D eigenvalue weighted by molar-refractivity contribution is 0.105. The second-order valence-corrected chi connectivity index (χ2v) is 6.39. The number of carbonyl (C=O) groups excluding carboxylic acids is 1. The molecule has 1 saturated heterocycles. The number of hydrogen-bond donors (Lipinski definition) is 1. The number of aromatic amines is 1. The van der Waals surface area contributed by atoms with Gasteiger partial charge in [-0.2, -0.15) is 0 Å². The van der Waals surface area contributed by atoms with E-state index in [1.165, 1.54) is 0 Å². The maximum Gasteiger partial charge on any atom is 0.409 e. The third-order valence-electron chi connectivity index (χ3n) is 3.78. The molecule has 0 bridgehead atoms. The molecule has 1 aliphatic rings. The zero-order valence-corrected chi connectivity index (χ0v) is 14.2. The van der Waals surface area contributed by atoms with Gasteiger partial charge >= 0.3 is 6.09 Å². The second kappa shape index (κ2) is 7.43. The first-order chi connectivity index (χ1) is 11.7. The van der Waals surface area contributed by atoms with Crippen LogP contribution >= 0.6 is 11.3 Å². The molecule has 0 unspecified atom stereocenters. The number of hydrogen-bond acceptors (Lipinski definition) is 7.